The van der Waals surface area contributed by atoms with Crippen molar-refractivity contribution in [3.8, 4) is 0 Å². The van der Waals surface area contributed by atoms with Crippen LogP contribution in [0.15, 0.2) is 0 Å². The van der Waals surface area contributed by atoms with Crippen LogP contribution >= 0.6 is 11.3 Å². The Morgan fingerprint density at radius 3 is 2.88 bits per heavy atom. The summed E-state index contributed by atoms with van der Waals surface area (Å²) in [6, 6.07) is 0. The third-order valence-corrected chi connectivity index (χ3v) is 4.40. The maximum Gasteiger partial charge on any atom is 0.341 e. The minimum absolute atomic E-state index is 0.252. The van der Waals surface area contributed by atoms with Gasteiger partial charge in [0.1, 0.15) is 5.00 Å². The van der Waals surface area contributed by atoms with E-state index in [0.717, 1.165) is 24.8 Å². The molecule has 0 spiro atoms. The van der Waals surface area contributed by atoms with Gasteiger partial charge >= 0.3 is 5.97 Å². The number of rotatable bonds is 2. The summed E-state index contributed by atoms with van der Waals surface area (Å²) >= 11 is 1.55. The molecular formula is C13H19NO2S. The summed E-state index contributed by atoms with van der Waals surface area (Å²) < 4.78 is 5.09. The van der Waals surface area contributed by atoms with Gasteiger partial charge in [0.2, 0.25) is 0 Å². The molecule has 2 rings (SSSR count). The molecule has 17 heavy (non-hydrogen) atoms. The summed E-state index contributed by atoms with van der Waals surface area (Å²) in [5, 5.41) is 0.617. The van der Waals surface area contributed by atoms with Gasteiger partial charge in [0.25, 0.3) is 0 Å². The van der Waals surface area contributed by atoms with Crippen LogP contribution in [-0.4, -0.2) is 12.6 Å². The minimum atomic E-state index is -0.264. The Morgan fingerprint density at radius 2 is 2.24 bits per heavy atom. The number of nitrogen functional groups attached to an aromatic ring is 1. The number of carbonyl (C=O) groups is 1. The maximum absolute atomic E-state index is 11.9. The normalized spacial score (nSPS) is 17.6. The number of thiophene rings is 1. The molecule has 0 saturated heterocycles. The Kier molecular flexibility index (Phi) is 3.17. The molecule has 1 aromatic heterocycles. The average Bonchev–Trinajstić information content (AvgIpc) is 2.52. The molecule has 94 valence electrons. The van der Waals surface area contributed by atoms with Crippen LogP contribution in [0, 0.1) is 5.41 Å². The quantitative estimate of drug-likeness (QED) is 0.824. The van der Waals surface area contributed by atoms with E-state index in [1.165, 1.54) is 4.88 Å². The van der Waals surface area contributed by atoms with Gasteiger partial charge in [-0.05, 0) is 37.2 Å². The van der Waals surface area contributed by atoms with Gasteiger partial charge in [-0.25, -0.2) is 4.79 Å². The lowest BCUT2D eigenvalue weighted by molar-refractivity contribution is 0.0526. The molecule has 0 unspecified atom stereocenters. The van der Waals surface area contributed by atoms with Crippen LogP contribution in [0.25, 0.3) is 0 Å². The highest BCUT2D eigenvalue weighted by Gasteiger charge is 2.32. The molecule has 1 aliphatic carbocycles. The van der Waals surface area contributed by atoms with Crippen molar-refractivity contribution in [3.63, 3.8) is 0 Å². The molecular weight excluding hydrogens is 234 g/mol. The Labute approximate surface area is 106 Å². The van der Waals surface area contributed by atoms with Crippen LogP contribution in [0.3, 0.4) is 0 Å². The van der Waals surface area contributed by atoms with E-state index < -0.39 is 0 Å². The zero-order valence-electron chi connectivity index (χ0n) is 10.6. The van der Waals surface area contributed by atoms with Gasteiger partial charge in [-0.3, -0.25) is 0 Å². The first-order chi connectivity index (χ1) is 7.94. The van der Waals surface area contributed by atoms with Crippen LogP contribution < -0.4 is 5.73 Å². The zero-order chi connectivity index (χ0) is 12.6. The molecule has 0 radical (unpaired) electrons. The van der Waals surface area contributed by atoms with Gasteiger partial charge in [0.05, 0.1) is 12.2 Å². The monoisotopic (exact) mass is 253 g/mol. The number of esters is 1. The number of ether oxygens (including phenoxy) is 1. The molecule has 2 N–H and O–H groups in total. The Balaban J connectivity index is 2.40. The number of hydrogen-bond donors (Lipinski definition) is 1. The predicted octanol–water partition coefficient (Wildman–Crippen LogP) is 3.02. The van der Waals surface area contributed by atoms with Crippen LogP contribution in [0.2, 0.25) is 0 Å². The first-order valence-corrected chi connectivity index (χ1v) is 6.83. The fourth-order valence-electron chi connectivity index (χ4n) is 2.37. The molecule has 1 aromatic rings. The van der Waals surface area contributed by atoms with Crippen molar-refractivity contribution in [1.82, 2.24) is 0 Å². The maximum atomic E-state index is 11.9. The third kappa shape index (κ3) is 2.32. The number of fused-ring (bicyclic) bond motifs is 1. The summed E-state index contributed by atoms with van der Waals surface area (Å²) in [5.41, 5.74) is 7.96. The number of anilines is 1. The van der Waals surface area contributed by atoms with E-state index >= 15 is 0 Å². The summed E-state index contributed by atoms with van der Waals surface area (Å²) in [6.45, 7) is 6.68. The fourth-order valence-corrected chi connectivity index (χ4v) is 3.44. The molecule has 3 nitrogen and oxygen atoms in total. The van der Waals surface area contributed by atoms with Gasteiger partial charge in [0, 0.05) is 4.88 Å². The smallest absolute Gasteiger partial charge is 0.341 e. The molecule has 0 atom stereocenters. The molecule has 0 aliphatic heterocycles. The Hall–Kier alpha value is -1.03. The first kappa shape index (κ1) is 12.4. The second kappa shape index (κ2) is 4.33. The van der Waals surface area contributed by atoms with Crippen LogP contribution in [-0.2, 0) is 17.6 Å². The van der Waals surface area contributed by atoms with E-state index in [2.05, 4.69) is 13.8 Å². The third-order valence-electron chi connectivity index (χ3n) is 3.28. The molecule has 4 heteroatoms. The number of nitrogens with two attached hydrogens (primary N) is 1. The molecule has 0 bridgehead atoms. The van der Waals surface area contributed by atoms with E-state index in [9.17, 15) is 4.79 Å². The van der Waals surface area contributed by atoms with Gasteiger partial charge in [0.15, 0.2) is 0 Å². The van der Waals surface area contributed by atoms with Gasteiger partial charge in [-0.2, -0.15) is 0 Å². The van der Waals surface area contributed by atoms with Crippen LogP contribution in [0.4, 0.5) is 5.00 Å². The topological polar surface area (TPSA) is 52.3 Å². The first-order valence-electron chi connectivity index (χ1n) is 6.02. The average molecular weight is 253 g/mol. The Morgan fingerprint density at radius 1 is 1.53 bits per heavy atom. The van der Waals surface area contributed by atoms with Crippen molar-refractivity contribution in [2.75, 3.05) is 12.3 Å². The summed E-state index contributed by atoms with van der Waals surface area (Å²) in [4.78, 5) is 13.2. The lowest BCUT2D eigenvalue weighted by Gasteiger charge is -2.29. The van der Waals surface area contributed by atoms with E-state index in [0.29, 0.717) is 17.2 Å². The van der Waals surface area contributed by atoms with E-state index in [1.54, 1.807) is 11.3 Å². The lowest BCUT2D eigenvalue weighted by atomic mass is 9.76. The molecule has 1 heterocycles. The molecule has 0 amide bonds. The van der Waals surface area contributed by atoms with E-state index in [4.69, 9.17) is 10.5 Å². The highest BCUT2D eigenvalue weighted by molar-refractivity contribution is 7.16. The van der Waals surface area contributed by atoms with E-state index in [1.807, 2.05) is 6.92 Å². The van der Waals surface area contributed by atoms with Gasteiger partial charge < -0.3 is 10.5 Å². The molecule has 0 aromatic carbocycles. The fraction of sp³-hybridized carbons (Fsp3) is 0.615. The zero-order valence-corrected chi connectivity index (χ0v) is 11.4. The minimum Gasteiger partial charge on any atom is -0.462 e. The van der Waals surface area contributed by atoms with Gasteiger partial charge in [-0.1, -0.05) is 13.8 Å². The van der Waals surface area contributed by atoms with Gasteiger partial charge in [-0.15, -0.1) is 11.3 Å². The predicted molar refractivity (Wildman–Crippen MR) is 70.5 cm³/mol. The van der Waals surface area contributed by atoms with Crippen molar-refractivity contribution in [2.24, 2.45) is 5.41 Å². The van der Waals surface area contributed by atoms with Crippen molar-refractivity contribution in [2.45, 2.75) is 40.0 Å². The highest BCUT2D eigenvalue weighted by Crippen LogP contribution is 2.42. The number of aryl methyl sites for hydroxylation is 1. The Bertz CT molecular complexity index is 449. The van der Waals surface area contributed by atoms with Crippen molar-refractivity contribution in [3.05, 3.63) is 16.0 Å². The molecule has 0 fully saturated rings. The summed E-state index contributed by atoms with van der Waals surface area (Å²) in [7, 11) is 0. The van der Waals surface area contributed by atoms with Crippen LogP contribution in [0.1, 0.15) is 48.0 Å². The van der Waals surface area contributed by atoms with Crippen LogP contribution in [0.5, 0.6) is 0 Å². The van der Waals surface area contributed by atoms with Crippen molar-refractivity contribution in [1.29, 1.82) is 0 Å². The highest BCUT2D eigenvalue weighted by atomic mass is 32.1. The standard InChI is InChI=1S/C13H19NO2S/c1-4-16-12(15)10-8-7-13(2,3)6-5-9(8)17-11(10)14/h4-7,14H2,1-3H3. The van der Waals surface area contributed by atoms with Crippen molar-refractivity contribution >= 4 is 22.3 Å². The SMILES string of the molecule is CCOC(=O)c1c(N)sc2c1CC(C)(C)CC2. The summed E-state index contributed by atoms with van der Waals surface area (Å²) in [5.74, 6) is -0.264. The second-order valence-electron chi connectivity index (χ2n) is 5.30. The van der Waals surface area contributed by atoms with E-state index in [-0.39, 0.29) is 11.4 Å². The second-order valence-corrected chi connectivity index (χ2v) is 6.44. The molecule has 0 saturated carbocycles. The number of carbonyl (C=O) groups excluding carboxylic acids is 1. The van der Waals surface area contributed by atoms with Crippen molar-refractivity contribution < 1.29 is 9.53 Å². The largest absolute Gasteiger partial charge is 0.462 e. The summed E-state index contributed by atoms with van der Waals surface area (Å²) in [6.07, 6.45) is 3.10. The number of hydrogen-bond acceptors (Lipinski definition) is 4. The molecule has 1 aliphatic rings. The lowest BCUT2D eigenvalue weighted by Crippen LogP contribution is -2.23.